The fraction of sp³-hybridized carbons (Fsp3) is 0.833. The van der Waals surface area contributed by atoms with Crippen molar-refractivity contribution < 1.29 is 4.79 Å². The molecule has 98 valence electrons. The third-order valence-corrected chi connectivity index (χ3v) is 3.12. The van der Waals surface area contributed by atoms with Gasteiger partial charge in [-0.2, -0.15) is 0 Å². The maximum absolute atomic E-state index is 12.3. The number of amides is 2. The maximum atomic E-state index is 12.3. The van der Waals surface area contributed by atoms with E-state index in [1.165, 1.54) is 12.8 Å². The summed E-state index contributed by atoms with van der Waals surface area (Å²) in [6.45, 7) is 4.93. The molecule has 17 heavy (non-hydrogen) atoms. The van der Waals surface area contributed by atoms with Gasteiger partial charge in [-0.3, -0.25) is 0 Å². The summed E-state index contributed by atoms with van der Waals surface area (Å²) in [5, 5.41) is 0. The Kier molecular flexibility index (Phi) is 6.26. The van der Waals surface area contributed by atoms with Crippen molar-refractivity contribution in [1.29, 1.82) is 0 Å². The lowest BCUT2D eigenvalue weighted by Crippen LogP contribution is -2.46. The third kappa shape index (κ3) is 4.89. The first kappa shape index (κ1) is 14.2. The lowest BCUT2D eigenvalue weighted by molar-refractivity contribution is 0.161. The zero-order chi connectivity index (χ0) is 12.7. The van der Waals surface area contributed by atoms with E-state index < -0.39 is 0 Å². The molecule has 0 spiro atoms. The molecule has 5 heteroatoms. The standard InChI is InChI=1S/C12H23N3OS/c1-2-7-15(10-11(13)17)12(16)14-8-5-3-4-6-9-14/h2-10H2,1H3,(H2,13,17). The summed E-state index contributed by atoms with van der Waals surface area (Å²) in [4.78, 5) is 16.4. The van der Waals surface area contributed by atoms with Crippen LogP contribution in [0.25, 0.3) is 0 Å². The Balaban J connectivity index is 2.57. The first-order chi connectivity index (χ1) is 8.15. The van der Waals surface area contributed by atoms with E-state index in [1.54, 1.807) is 4.90 Å². The van der Waals surface area contributed by atoms with Crippen molar-refractivity contribution in [2.45, 2.75) is 39.0 Å². The van der Waals surface area contributed by atoms with Crippen LogP contribution < -0.4 is 5.73 Å². The number of thiocarbonyl (C=S) groups is 1. The molecule has 1 rings (SSSR count). The molecule has 2 N–H and O–H groups in total. The van der Waals surface area contributed by atoms with Crippen molar-refractivity contribution >= 4 is 23.2 Å². The van der Waals surface area contributed by atoms with Crippen LogP contribution in [0.3, 0.4) is 0 Å². The van der Waals surface area contributed by atoms with Crippen LogP contribution in [0.15, 0.2) is 0 Å². The van der Waals surface area contributed by atoms with Crippen LogP contribution in [0.2, 0.25) is 0 Å². The van der Waals surface area contributed by atoms with Gasteiger partial charge in [-0.1, -0.05) is 32.0 Å². The summed E-state index contributed by atoms with van der Waals surface area (Å²) in [5.41, 5.74) is 5.54. The smallest absolute Gasteiger partial charge is 0.320 e. The van der Waals surface area contributed by atoms with Crippen molar-refractivity contribution in [1.82, 2.24) is 9.80 Å². The Morgan fingerprint density at radius 2 is 1.88 bits per heavy atom. The van der Waals surface area contributed by atoms with Gasteiger partial charge in [0.1, 0.15) is 0 Å². The number of likely N-dealkylation sites (tertiary alicyclic amines) is 1. The summed E-state index contributed by atoms with van der Waals surface area (Å²) < 4.78 is 0. The fourth-order valence-electron chi connectivity index (χ4n) is 2.16. The molecule has 0 bridgehead atoms. The van der Waals surface area contributed by atoms with E-state index in [0.717, 1.165) is 38.9 Å². The Bertz CT molecular complexity index is 262. The van der Waals surface area contributed by atoms with Gasteiger partial charge in [-0.15, -0.1) is 0 Å². The summed E-state index contributed by atoms with van der Waals surface area (Å²) in [7, 11) is 0. The van der Waals surface area contributed by atoms with E-state index in [1.807, 2.05) is 4.90 Å². The van der Waals surface area contributed by atoms with E-state index in [4.69, 9.17) is 18.0 Å². The van der Waals surface area contributed by atoms with E-state index in [-0.39, 0.29) is 6.03 Å². The Hall–Kier alpha value is -0.840. The predicted octanol–water partition coefficient (Wildman–Crippen LogP) is 1.98. The molecule has 2 amide bonds. The second kappa shape index (κ2) is 7.48. The monoisotopic (exact) mass is 257 g/mol. The van der Waals surface area contributed by atoms with Gasteiger partial charge >= 0.3 is 6.03 Å². The van der Waals surface area contributed by atoms with Crippen molar-refractivity contribution in [2.75, 3.05) is 26.2 Å². The van der Waals surface area contributed by atoms with Gasteiger partial charge in [0.15, 0.2) is 0 Å². The number of carbonyl (C=O) groups excluding carboxylic acids is 1. The van der Waals surface area contributed by atoms with Gasteiger partial charge in [-0.25, -0.2) is 4.79 Å². The minimum absolute atomic E-state index is 0.0987. The van der Waals surface area contributed by atoms with E-state index in [2.05, 4.69) is 6.92 Å². The Morgan fingerprint density at radius 1 is 1.29 bits per heavy atom. The molecule has 0 radical (unpaired) electrons. The zero-order valence-corrected chi connectivity index (χ0v) is 11.5. The van der Waals surface area contributed by atoms with Gasteiger partial charge in [-0.05, 0) is 19.3 Å². The van der Waals surface area contributed by atoms with Gasteiger partial charge in [0.2, 0.25) is 0 Å². The lowest BCUT2D eigenvalue weighted by atomic mass is 10.2. The average molecular weight is 257 g/mol. The van der Waals surface area contributed by atoms with Crippen LogP contribution in [-0.4, -0.2) is 47.0 Å². The van der Waals surface area contributed by atoms with Crippen molar-refractivity contribution in [3.63, 3.8) is 0 Å². The number of carbonyl (C=O) groups is 1. The number of nitrogens with two attached hydrogens (primary N) is 1. The quantitative estimate of drug-likeness (QED) is 0.784. The largest absolute Gasteiger partial charge is 0.392 e. The Morgan fingerprint density at radius 3 is 2.35 bits per heavy atom. The van der Waals surface area contributed by atoms with Crippen LogP contribution in [0, 0.1) is 0 Å². The van der Waals surface area contributed by atoms with Crippen molar-refractivity contribution in [3.8, 4) is 0 Å². The fourth-order valence-corrected chi connectivity index (χ4v) is 2.32. The van der Waals surface area contributed by atoms with Crippen molar-refractivity contribution in [2.24, 2.45) is 5.73 Å². The number of hydrogen-bond donors (Lipinski definition) is 1. The molecule has 0 saturated carbocycles. The minimum atomic E-state index is 0.0987. The topological polar surface area (TPSA) is 49.6 Å². The number of hydrogen-bond acceptors (Lipinski definition) is 2. The second-order valence-electron chi connectivity index (χ2n) is 4.57. The third-order valence-electron chi connectivity index (χ3n) is 2.99. The molecule has 0 aliphatic carbocycles. The highest BCUT2D eigenvalue weighted by atomic mass is 32.1. The highest BCUT2D eigenvalue weighted by Gasteiger charge is 2.21. The average Bonchev–Trinajstić information content (AvgIpc) is 2.55. The van der Waals surface area contributed by atoms with E-state index >= 15 is 0 Å². The van der Waals surface area contributed by atoms with Gasteiger partial charge < -0.3 is 15.5 Å². The SMILES string of the molecule is CCCN(CC(N)=S)C(=O)N1CCCCCC1. The van der Waals surface area contributed by atoms with Crippen LogP contribution in [0.1, 0.15) is 39.0 Å². The molecule has 0 atom stereocenters. The highest BCUT2D eigenvalue weighted by molar-refractivity contribution is 7.80. The molecule has 1 heterocycles. The summed E-state index contributed by atoms with van der Waals surface area (Å²) in [6, 6.07) is 0.0987. The second-order valence-corrected chi connectivity index (χ2v) is 5.10. The maximum Gasteiger partial charge on any atom is 0.320 e. The molecule has 0 aromatic rings. The van der Waals surface area contributed by atoms with Crippen LogP contribution in [-0.2, 0) is 0 Å². The highest BCUT2D eigenvalue weighted by Crippen LogP contribution is 2.12. The predicted molar refractivity (Wildman–Crippen MR) is 74.1 cm³/mol. The first-order valence-electron chi connectivity index (χ1n) is 6.47. The molecule has 0 aromatic heterocycles. The lowest BCUT2D eigenvalue weighted by Gasteiger charge is -2.29. The van der Waals surface area contributed by atoms with Crippen LogP contribution in [0.4, 0.5) is 4.79 Å². The molecule has 1 saturated heterocycles. The summed E-state index contributed by atoms with van der Waals surface area (Å²) in [5.74, 6) is 0. The molecule has 1 aliphatic heterocycles. The molecular weight excluding hydrogens is 234 g/mol. The van der Waals surface area contributed by atoms with Crippen molar-refractivity contribution in [3.05, 3.63) is 0 Å². The summed E-state index contributed by atoms with van der Waals surface area (Å²) >= 11 is 4.90. The molecule has 1 fully saturated rings. The summed E-state index contributed by atoms with van der Waals surface area (Å²) in [6.07, 6.45) is 5.61. The number of urea groups is 1. The first-order valence-corrected chi connectivity index (χ1v) is 6.88. The zero-order valence-electron chi connectivity index (χ0n) is 10.7. The van der Waals surface area contributed by atoms with Gasteiger partial charge in [0.05, 0.1) is 11.5 Å². The Labute approximate surface area is 109 Å². The van der Waals surface area contributed by atoms with Crippen LogP contribution in [0.5, 0.6) is 0 Å². The van der Waals surface area contributed by atoms with E-state index in [9.17, 15) is 4.79 Å². The van der Waals surface area contributed by atoms with E-state index in [0.29, 0.717) is 11.5 Å². The number of nitrogens with zero attached hydrogens (tertiary/aromatic N) is 2. The van der Waals surface area contributed by atoms with Gasteiger partial charge in [0.25, 0.3) is 0 Å². The molecule has 1 aliphatic rings. The van der Waals surface area contributed by atoms with Gasteiger partial charge in [0, 0.05) is 19.6 Å². The molecule has 0 aromatic carbocycles. The molecular formula is C12H23N3OS. The normalized spacial score (nSPS) is 16.4. The molecule has 4 nitrogen and oxygen atoms in total. The number of rotatable bonds is 4. The van der Waals surface area contributed by atoms with Crippen LogP contribution >= 0.6 is 12.2 Å². The molecule has 0 unspecified atom stereocenters. The minimum Gasteiger partial charge on any atom is -0.392 e.